The lowest BCUT2D eigenvalue weighted by molar-refractivity contribution is -0.124. The van der Waals surface area contributed by atoms with Gasteiger partial charge in [0.25, 0.3) is 0 Å². The molecule has 1 amide bonds. The fourth-order valence-corrected chi connectivity index (χ4v) is 2.87. The van der Waals surface area contributed by atoms with Gasteiger partial charge in [-0.3, -0.25) is 4.79 Å². The Morgan fingerprint density at radius 2 is 2.05 bits per heavy atom. The van der Waals surface area contributed by atoms with Crippen molar-refractivity contribution in [1.29, 1.82) is 0 Å². The van der Waals surface area contributed by atoms with Gasteiger partial charge in [-0.2, -0.15) is 0 Å². The summed E-state index contributed by atoms with van der Waals surface area (Å²) < 4.78 is 2.04. The van der Waals surface area contributed by atoms with E-state index in [0.29, 0.717) is 6.04 Å². The number of amides is 1. The topological polar surface area (TPSA) is 59.8 Å². The van der Waals surface area contributed by atoms with E-state index in [0.717, 1.165) is 17.3 Å². The highest BCUT2D eigenvalue weighted by Crippen LogP contribution is 2.38. The molecule has 2 atom stereocenters. The number of hydrogen-bond acceptors (Lipinski definition) is 3. The number of aromatic nitrogens is 3. The minimum absolute atomic E-state index is 0.0544. The van der Waals surface area contributed by atoms with Gasteiger partial charge in [-0.25, -0.2) is 4.68 Å². The van der Waals surface area contributed by atoms with Crippen molar-refractivity contribution < 1.29 is 4.79 Å². The van der Waals surface area contributed by atoms with Gasteiger partial charge < -0.3 is 5.32 Å². The van der Waals surface area contributed by atoms with Gasteiger partial charge in [0.2, 0.25) is 5.91 Å². The Morgan fingerprint density at radius 3 is 2.58 bits per heavy atom. The van der Waals surface area contributed by atoms with Crippen LogP contribution in [0, 0.1) is 18.8 Å². The molecule has 1 aromatic rings. The van der Waals surface area contributed by atoms with Crippen molar-refractivity contribution in [2.75, 3.05) is 7.05 Å². The first-order valence-electron chi connectivity index (χ1n) is 7.09. The van der Waals surface area contributed by atoms with Crippen LogP contribution in [0.15, 0.2) is 0 Å². The Kier molecular flexibility index (Phi) is 3.92. The lowest BCUT2D eigenvalue weighted by Crippen LogP contribution is -2.29. The fourth-order valence-electron chi connectivity index (χ4n) is 2.87. The minimum Gasteiger partial charge on any atom is -0.359 e. The maximum atomic E-state index is 11.7. The van der Waals surface area contributed by atoms with E-state index in [4.69, 9.17) is 0 Å². The number of hydrogen-bond donors (Lipinski definition) is 1. The molecule has 1 heterocycles. The van der Waals surface area contributed by atoms with Gasteiger partial charge >= 0.3 is 0 Å². The van der Waals surface area contributed by atoms with Crippen LogP contribution in [0.25, 0.3) is 0 Å². The lowest BCUT2D eigenvalue weighted by Gasteiger charge is -2.33. The summed E-state index contributed by atoms with van der Waals surface area (Å²) in [5, 5.41) is 11.3. The molecule has 0 aromatic carbocycles. The molecule has 0 radical (unpaired) electrons. The summed E-state index contributed by atoms with van der Waals surface area (Å²) in [5.41, 5.74) is 2.07. The number of carbonyl (C=O) groups excluding carboxylic acids is 1. The lowest BCUT2D eigenvalue weighted by atomic mass is 9.81. The molecular weight excluding hydrogens is 240 g/mol. The molecule has 0 saturated heterocycles. The van der Waals surface area contributed by atoms with Gasteiger partial charge in [0.1, 0.15) is 0 Å². The van der Waals surface area contributed by atoms with Gasteiger partial charge in [0.15, 0.2) is 0 Å². The quantitative estimate of drug-likeness (QED) is 0.905. The van der Waals surface area contributed by atoms with E-state index >= 15 is 0 Å². The molecule has 2 rings (SSSR count). The molecule has 106 valence electrons. The second-order valence-corrected chi connectivity index (χ2v) is 5.93. The highest BCUT2D eigenvalue weighted by Gasteiger charge is 2.31. The average molecular weight is 264 g/mol. The average Bonchev–Trinajstić information content (AvgIpc) is 2.74. The van der Waals surface area contributed by atoms with Crippen molar-refractivity contribution in [1.82, 2.24) is 20.3 Å². The van der Waals surface area contributed by atoms with E-state index in [-0.39, 0.29) is 17.7 Å². The fraction of sp³-hybridized carbons (Fsp3) is 0.786. The molecule has 1 aromatic heterocycles. The van der Waals surface area contributed by atoms with Crippen molar-refractivity contribution in [2.24, 2.45) is 11.8 Å². The zero-order valence-electron chi connectivity index (χ0n) is 12.5. The summed E-state index contributed by atoms with van der Waals surface area (Å²) in [4.78, 5) is 11.7. The van der Waals surface area contributed by atoms with E-state index in [9.17, 15) is 4.79 Å². The van der Waals surface area contributed by atoms with Crippen molar-refractivity contribution in [2.45, 2.75) is 52.5 Å². The van der Waals surface area contributed by atoms with Crippen LogP contribution in [-0.2, 0) is 4.79 Å². The molecule has 2 unspecified atom stereocenters. The summed E-state index contributed by atoms with van der Waals surface area (Å²) in [6.45, 7) is 8.31. The molecule has 5 nitrogen and oxygen atoms in total. The molecule has 0 aliphatic heterocycles. The molecule has 5 heteroatoms. The monoisotopic (exact) mass is 264 g/mol. The zero-order chi connectivity index (χ0) is 14.2. The molecule has 1 aliphatic carbocycles. The number of carbonyl (C=O) groups is 1. The third kappa shape index (κ3) is 2.51. The summed E-state index contributed by atoms with van der Waals surface area (Å²) >= 11 is 0. The van der Waals surface area contributed by atoms with Gasteiger partial charge in [-0.1, -0.05) is 26.0 Å². The van der Waals surface area contributed by atoms with Crippen LogP contribution in [0.3, 0.4) is 0 Å². The standard InChI is InChI=1S/C14H24N4O/c1-8-6-12(7-8)18-11(4)13(16-17-18)9(2)10(3)14(19)15-5/h8-10,12H,6-7H2,1-5H3,(H,15,19). The first-order valence-corrected chi connectivity index (χ1v) is 7.09. The third-order valence-electron chi connectivity index (χ3n) is 4.50. The summed E-state index contributed by atoms with van der Waals surface area (Å²) in [5.74, 6) is 0.846. The van der Waals surface area contributed by atoms with Crippen molar-refractivity contribution in [3.8, 4) is 0 Å². The van der Waals surface area contributed by atoms with Crippen molar-refractivity contribution in [3.05, 3.63) is 11.4 Å². The largest absolute Gasteiger partial charge is 0.359 e. The van der Waals surface area contributed by atoms with Crippen LogP contribution in [0.5, 0.6) is 0 Å². The Bertz CT molecular complexity index is 462. The maximum Gasteiger partial charge on any atom is 0.223 e. The molecular formula is C14H24N4O. The molecule has 1 N–H and O–H groups in total. The third-order valence-corrected chi connectivity index (χ3v) is 4.50. The number of rotatable bonds is 4. The van der Waals surface area contributed by atoms with Gasteiger partial charge in [-0.05, 0) is 25.7 Å². The summed E-state index contributed by atoms with van der Waals surface area (Å²) in [6, 6.07) is 0.499. The summed E-state index contributed by atoms with van der Waals surface area (Å²) in [6.07, 6.45) is 2.37. The SMILES string of the molecule is CNC(=O)C(C)C(C)c1nnn(C2CC(C)C2)c1C. The van der Waals surface area contributed by atoms with E-state index in [1.54, 1.807) is 7.05 Å². The second kappa shape index (κ2) is 5.31. The first-order chi connectivity index (χ1) is 8.95. The van der Waals surface area contributed by atoms with Crippen molar-refractivity contribution in [3.63, 3.8) is 0 Å². The predicted octanol–water partition coefficient (Wildman–Crippen LogP) is 2.04. The van der Waals surface area contributed by atoms with Crippen LogP contribution < -0.4 is 5.32 Å². The normalized spacial score (nSPS) is 25.5. The number of nitrogens with zero attached hydrogens (tertiary/aromatic N) is 3. The minimum atomic E-state index is -0.0887. The molecule has 1 aliphatic rings. The zero-order valence-corrected chi connectivity index (χ0v) is 12.5. The Hall–Kier alpha value is -1.39. The smallest absolute Gasteiger partial charge is 0.223 e. The van der Waals surface area contributed by atoms with E-state index in [1.165, 1.54) is 12.8 Å². The van der Waals surface area contributed by atoms with E-state index in [2.05, 4.69) is 29.5 Å². The Balaban J connectivity index is 2.15. The van der Waals surface area contributed by atoms with Crippen LogP contribution >= 0.6 is 0 Å². The second-order valence-electron chi connectivity index (χ2n) is 5.93. The van der Waals surface area contributed by atoms with Gasteiger partial charge in [0.05, 0.1) is 17.4 Å². The molecule has 1 saturated carbocycles. The number of nitrogens with one attached hydrogen (secondary N) is 1. The maximum absolute atomic E-state index is 11.7. The Morgan fingerprint density at radius 1 is 1.42 bits per heavy atom. The molecule has 19 heavy (non-hydrogen) atoms. The van der Waals surface area contributed by atoms with Crippen LogP contribution in [0.4, 0.5) is 0 Å². The molecule has 1 fully saturated rings. The first kappa shape index (κ1) is 14.0. The van der Waals surface area contributed by atoms with Gasteiger partial charge in [0, 0.05) is 18.9 Å². The van der Waals surface area contributed by atoms with Crippen molar-refractivity contribution >= 4 is 5.91 Å². The predicted molar refractivity (Wildman–Crippen MR) is 73.8 cm³/mol. The summed E-state index contributed by atoms with van der Waals surface area (Å²) in [7, 11) is 1.67. The molecule has 0 bridgehead atoms. The van der Waals surface area contributed by atoms with Gasteiger partial charge in [-0.15, -0.1) is 5.10 Å². The van der Waals surface area contributed by atoms with Crippen LogP contribution in [0.1, 0.15) is 57.0 Å². The molecule has 0 spiro atoms. The Labute approximate surface area is 114 Å². The van der Waals surface area contributed by atoms with Crippen LogP contribution in [-0.4, -0.2) is 27.9 Å². The van der Waals surface area contributed by atoms with E-state index < -0.39 is 0 Å². The highest BCUT2D eigenvalue weighted by molar-refractivity contribution is 5.78. The van der Waals surface area contributed by atoms with E-state index in [1.807, 2.05) is 18.5 Å². The highest BCUT2D eigenvalue weighted by atomic mass is 16.1. The van der Waals surface area contributed by atoms with Crippen LogP contribution in [0.2, 0.25) is 0 Å².